The van der Waals surface area contributed by atoms with Crippen molar-refractivity contribution in [1.82, 2.24) is 19.9 Å². The lowest BCUT2D eigenvalue weighted by atomic mass is 9.98. The number of thiazole rings is 1. The number of nitrogens with zero attached hydrogens (tertiary/aromatic N) is 4. The highest BCUT2D eigenvalue weighted by molar-refractivity contribution is 7.17. The van der Waals surface area contributed by atoms with Crippen LogP contribution < -0.4 is 4.74 Å². The molecule has 5 rings (SSSR count). The van der Waals surface area contributed by atoms with Gasteiger partial charge in [-0.15, -0.1) is 11.3 Å². The van der Waals surface area contributed by atoms with Crippen molar-refractivity contribution in [3.05, 3.63) is 82.8 Å². The maximum Gasteiger partial charge on any atom is 0.265 e. The molecule has 0 aliphatic carbocycles. The van der Waals surface area contributed by atoms with Gasteiger partial charge in [0.25, 0.3) is 5.91 Å². The maximum atomic E-state index is 13.4. The quantitative estimate of drug-likeness (QED) is 0.386. The van der Waals surface area contributed by atoms with Crippen molar-refractivity contribution in [2.24, 2.45) is 0 Å². The van der Waals surface area contributed by atoms with Crippen molar-refractivity contribution in [2.75, 3.05) is 20.2 Å². The number of pyridine rings is 1. The summed E-state index contributed by atoms with van der Waals surface area (Å²) < 4.78 is 11.3. The van der Waals surface area contributed by atoms with Crippen molar-refractivity contribution in [2.45, 2.75) is 32.1 Å². The number of carbonyl (C=O) groups is 1. The Morgan fingerprint density at radius 2 is 2.09 bits per heavy atom. The van der Waals surface area contributed by atoms with E-state index in [1.54, 1.807) is 25.7 Å². The molecule has 0 radical (unpaired) electrons. The molecule has 174 valence electrons. The van der Waals surface area contributed by atoms with Crippen LogP contribution in [0.5, 0.6) is 5.75 Å². The molecule has 8 heteroatoms. The normalized spacial score (nSPS) is 15.9. The van der Waals surface area contributed by atoms with E-state index in [-0.39, 0.29) is 11.8 Å². The lowest BCUT2D eigenvalue weighted by molar-refractivity contribution is 0.0702. The number of aryl methyl sites for hydroxylation is 1. The number of hydrogen-bond acceptors (Lipinski definition) is 7. The second-order valence-electron chi connectivity index (χ2n) is 8.46. The fourth-order valence-electron chi connectivity index (χ4n) is 4.25. The van der Waals surface area contributed by atoms with Crippen LogP contribution in [-0.4, -0.2) is 46.0 Å². The number of amides is 1. The Morgan fingerprint density at radius 3 is 2.85 bits per heavy atom. The van der Waals surface area contributed by atoms with Gasteiger partial charge in [-0.2, -0.15) is 0 Å². The number of methoxy groups -OCH3 is 1. The first-order chi connectivity index (χ1) is 16.6. The molecule has 1 saturated heterocycles. The van der Waals surface area contributed by atoms with Crippen molar-refractivity contribution >= 4 is 17.2 Å². The van der Waals surface area contributed by atoms with Crippen LogP contribution in [0.2, 0.25) is 0 Å². The monoisotopic (exact) mass is 474 g/mol. The summed E-state index contributed by atoms with van der Waals surface area (Å²) >= 11 is 1.43. The summed E-state index contributed by atoms with van der Waals surface area (Å²) in [6.07, 6.45) is 7.84. The number of hydrogen-bond donors (Lipinski definition) is 0. The minimum Gasteiger partial charge on any atom is -0.497 e. The summed E-state index contributed by atoms with van der Waals surface area (Å²) in [5.41, 5.74) is 2.82. The van der Waals surface area contributed by atoms with Crippen LogP contribution in [0.4, 0.5) is 0 Å². The third-order valence-corrected chi connectivity index (χ3v) is 7.26. The maximum absolute atomic E-state index is 13.4. The van der Waals surface area contributed by atoms with Gasteiger partial charge in [0.15, 0.2) is 5.89 Å². The van der Waals surface area contributed by atoms with Gasteiger partial charge < -0.3 is 14.1 Å². The number of ether oxygens (including phenoxy) is 1. The van der Waals surface area contributed by atoms with Gasteiger partial charge in [0, 0.05) is 37.5 Å². The van der Waals surface area contributed by atoms with Gasteiger partial charge in [0.1, 0.15) is 21.4 Å². The molecule has 1 aliphatic rings. The van der Waals surface area contributed by atoms with E-state index < -0.39 is 0 Å². The molecule has 3 aromatic heterocycles. The van der Waals surface area contributed by atoms with E-state index in [9.17, 15) is 4.79 Å². The fourth-order valence-corrected chi connectivity index (χ4v) is 5.28. The van der Waals surface area contributed by atoms with E-state index in [2.05, 4.69) is 15.0 Å². The molecule has 1 atom stereocenters. The van der Waals surface area contributed by atoms with E-state index in [4.69, 9.17) is 9.15 Å². The molecule has 1 amide bonds. The zero-order chi connectivity index (χ0) is 23.5. The van der Waals surface area contributed by atoms with E-state index in [1.807, 2.05) is 48.2 Å². The molecule has 4 aromatic rings. The highest BCUT2D eigenvalue weighted by Crippen LogP contribution is 2.32. The van der Waals surface area contributed by atoms with Crippen LogP contribution >= 0.6 is 11.3 Å². The molecule has 7 nitrogen and oxygen atoms in total. The van der Waals surface area contributed by atoms with Crippen LogP contribution in [0.3, 0.4) is 0 Å². The Morgan fingerprint density at radius 1 is 1.24 bits per heavy atom. The fraction of sp³-hybridized carbons (Fsp3) is 0.308. The van der Waals surface area contributed by atoms with Crippen LogP contribution in [0, 0.1) is 6.92 Å². The zero-order valence-electron chi connectivity index (χ0n) is 19.2. The summed E-state index contributed by atoms with van der Waals surface area (Å²) in [5, 5.41) is 0.818. The smallest absolute Gasteiger partial charge is 0.265 e. The molecular formula is C26H26N4O3S. The number of carbonyl (C=O) groups excluding carboxylic acids is 1. The zero-order valence-corrected chi connectivity index (χ0v) is 20.0. The summed E-state index contributed by atoms with van der Waals surface area (Å²) in [6.45, 7) is 3.22. The highest BCUT2D eigenvalue weighted by Gasteiger charge is 2.30. The number of likely N-dealkylation sites (tertiary alicyclic amines) is 1. The molecule has 34 heavy (non-hydrogen) atoms. The number of benzene rings is 1. The highest BCUT2D eigenvalue weighted by atomic mass is 32.1. The average Bonchev–Trinajstić information content (AvgIpc) is 3.51. The molecule has 1 fully saturated rings. The summed E-state index contributed by atoms with van der Waals surface area (Å²) in [7, 11) is 1.66. The summed E-state index contributed by atoms with van der Waals surface area (Å²) in [6, 6.07) is 11.8. The minimum absolute atomic E-state index is 0.0276. The van der Waals surface area contributed by atoms with E-state index in [1.165, 1.54) is 11.3 Å². The Bertz CT molecular complexity index is 1270. The molecule has 0 bridgehead atoms. The Hall–Kier alpha value is -3.52. The third-order valence-electron chi connectivity index (χ3n) is 6.07. The third kappa shape index (κ3) is 4.72. The van der Waals surface area contributed by atoms with E-state index >= 15 is 0 Å². The van der Waals surface area contributed by atoms with Gasteiger partial charge in [0.2, 0.25) is 0 Å². The molecule has 4 heterocycles. The largest absolute Gasteiger partial charge is 0.497 e. The number of piperidine rings is 1. The van der Waals surface area contributed by atoms with Crippen molar-refractivity contribution in [3.8, 4) is 16.3 Å². The summed E-state index contributed by atoms with van der Waals surface area (Å²) in [5.74, 6) is 2.48. The SMILES string of the molecule is COc1ccc(Cc2cnc([C@@H]3CCCN(C(=O)c4sc(-c5cccnc5)nc4C)C3)o2)cc1. The van der Waals surface area contributed by atoms with Gasteiger partial charge in [-0.05, 0) is 49.6 Å². The number of oxazole rings is 1. The van der Waals surface area contributed by atoms with E-state index in [0.29, 0.717) is 23.7 Å². The van der Waals surface area contributed by atoms with Crippen LogP contribution in [0.25, 0.3) is 10.6 Å². The number of aromatic nitrogens is 3. The molecule has 0 N–H and O–H groups in total. The lowest BCUT2D eigenvalue weighted by Gasteiger charge is -2.31. The first kappa shape index (κ1) is 22.3. The van der Waals surface area contributed by atoms with Crippen LogP contribution in [-0.2, 0) is 6.42 Å². The van der Waals surface area contributed by atoms with Crippen LogP contribution in [0.15, 0.2) is 59.4 Å². The number of rotatable bonds is 6. The first-order valence-corrected chi connectivity index (χ1v) is 12.2. The Balaban J connectivity index is 1.27. The molecule has 0 spiro atoms. The molecule has 0 saturated carbocycles. The molecule has 1 aromatic carbocycles. The standard InChI is InChI=1S/C26H26N4O3S/c1-17-23(34-25(29-17)19-5-3-11-27-14-19)26(31)30-12-4-6-20(16-30)24-28-15-22(33-24)13-18-7-9-21(32-2)10-8-18/h3,5,7-11,14-15,20H,4,6,12-13,16H2,1-2H3/t20-/m1/s1. The molecule has 0 unspecified atom stereocenters. The predicted molar refractivity (Wildman–Crippen MR) is 130 cm³/mol. The topological polar surface area (TPSA) is 81.4 Å². The van der Waals surface area contributed by atoms with Gasteiger partial charge in [-0.25, -0.2) is 9.97 Å². The van der Waals surface area contributed by atoms with E-state index in [0.717, 1.165) is 52.7 Å². The van der Waals surface area contributed by atoms with Gasteiger partial charge in [-0.3, -0.25) is 9.78 Å². The van der Waals surface area contributed by atoms with Crippen molar-refractivity contribution < 1.29 is 13.9 Å². The van der Waals surface area contributed by atoms with Gasteiger partial charge in [0.05, 0.1) is 24.9 Å². The summed E-state index contributed by atoms with van der Waals surface area (Å²) in [4.78, 5) is 29.3. The molecular weight excluding hydrogens is 448 g/mol. The second-order valence-corrected chi connectivity index (χ2v) is 9.45. The van der Waals surface area contributed by atoms with Crippen molar-refractivity contribution in [3.63, 3.8) is 0 Å². The van der Waals surface area contributed by atoms with Gasteiger partial charge >= 0.3 is 0 Å². The molecule has 1 aliphatic heterocycles. The van der Waals surface area contributed by atoms with Crippen molar-refractivity contribution in [1.29, 1.82) is 0 Å². The Labute approximate surface area is 202 Å². The van der Waals surface area contributed by atoms with Gasteiger partial charge in [-0.1, -0.05) is 12.1 Å². The second kappa shape index (κ2) is 9.77. The minimum atomic E-state index is 0.0276. The lowest BCUT2D eigenvalue weighted by Crippen LogP contribution is -2.39. The first-order valence-electron chi connectivity index (χ1n) is 11.4. The predicted octanol–water partition coefficient (Wildman–Crippen LogP) is 5.12. The van der Waals surface area contributed by atoms with Crippen LogP contribution in [0.1, 0.15) is 51.3 Å². The average molecular weight is 475 g/mol. The Kier molecular flexibility index (Phi) is 6.40.